The van der Waals surface area contributed by atoms with Gasteiger partial charge in [-0.25, -0.2) is 0 Å². The van der Waals surface area contributed by atoms with Gasteiger partial charge in [0.05, 0.1) is 0 Å². The third-order valence-electron chi connectivity index (χ3n) is 4.60. The first-order chi connectivity index (χ1) is 9.31. The van der Waals surface area contributed by atoms with Crippen LogP contribution in [0.15, 0.2) is 18.3 Å². The number of aromatic nitrogens is 1. The van der Waals surface area contributed by atoms with E-state index in [-0.39, 0.29) is 0 Å². The van der Waals surface area contributed by atoms with Crippen LogP contribution in [0.1, 0.15) is 63.1 Å². The van der Waals surface area contributed by atoms with Crippen molar-refractivity contribution in [1.82, 2.24) is 10.3 Å². The van der Waals surface area contributed by atoms with E-state index in [1.165, 1.54) is 49.8 Å². The SMILES string of the molecule is CCCC(CCC)C(NC)C1CCc2cccnc21. The van der Waals surface area contributed by atoms with E-state index in [1.807, 2.05) is 6.20 Å². The predicted octanol–water partition coefficient (Wildman–Crippen LogP) is 3.92. The summed E-state index contributed by atoms with van der Waals surface area (Å²) in [7, 11) is 2.13. The molecule has 1 aromatic rings. The molecule has 1 heterocycles. The molecule has 0 aliphatic heterocycles. The molecule has 2 nitrogen and oxygen atoms in total. The van der Waals surface area contributed by atoms with Crippen LogP contribution in [0, 0.1) is 5.92 Å². The van der Waals surface area contributed by atoms with E-state index in [4.69, 9.17) is 0 Å². The van der Waals surface area contributed by atoms with Gasteiger partial charge in [0.2, 0.25) is 0 Å². The van der Waals surface area contributed by atoms with Gasteiger partial charge in [-0.1, -0.05) is 32.8 Å². The Bertz CT molecular complexity index is 383. The molecule has 0 saturated carbocycles. The third kappa shape index (κ3) is 3.17. The van der Waals surface area contributed by atoms with Crippen molar-refractivity contribution in [3.63, 3.8) is 0 Å². The maximum Gasteiger partial charge on any atom is 0.0482 e. The van der Waals surface area contributed by atoms with Crippen LogP contribution in [0.4, 0.5) is 0 Å². The van der Waals surface area contributed by atoms with Gasteiger partial charge in [-0.3, -0.25) is 4.98 Å². The van der Waals surface area contributed by atoms with Gasteiger partial charge >= 0.3 is 0 Å². The first-order valence-corrected chi connectivity index (χ1v) is 7.92. The van der Waals surface area contributed by atoms with Gasteiger partial charge in [-0.15, -0.1) is 0 Å². The fourth-order valence-electron chi connectivity index (χ4n) is 3.80. The minimum atomic E-state index is 0.594. The maximum atomic E-state index is 4.67. The lowest BCUT2D eigenvalue weighted by Gasteiger charge is -2.31. The molecule has 0 fully saturated rings. The van der Waals surface area contributed by atoms with E-state index in [9.17, 15) is 0 Å². The average Bonchev–Trinajstić information content (AvgIpc) is 2.84. The number of hydrogen-bond donors (Lipinski definition) is 1. The highest BCUT2D eigenvalue weighted by molar-refractivity contribution is 5.30. The molecule has 1 aromatic heterocycles. The summed E-state index contributed by atoms with van der Waals surface area (Å²) in [5.41, 5.74) is 2.83. The molecule has 1 aliphatic rings. The fourth-order valence-corrected chi connectivity index (χ4v) is 3.80. The standard InChI is InChI=1S/C17H28N2/c1-4-7-13(8-5-2)16(18-3)15-11-10-14-9-6-12-19-17(14)15/h6,9,12-13,15-16,18H,4-5,7-8,10-11H2,1-3H3. The Morgan fingerprint density at radius 2 is 2.05 bits per heavy atom. The van der Waals surface area contributed by atoms with Crippen molar-refractivity contribution in [2.75, 3.05) is 7.05 Å². The lowest BCUT2D eigenvalue weighted by atomic mass is 9.81. The second-order valence-corrected chi connectivity index (χ2v) is 5.84. The summed E-state index contributed by atoms with van der Waals surface area (Å²) in [5.74, 6) is 1.40. The van der Waals surface area contributed by atoms with Crippen LogP contribution in [0.2, 0.25) is 0 Å². The van der Waals surface area contributed by atoms with Crippen LogP contribution >= 0.6 is 0 Å². The van der Waals surface area contributed by atoms with Gasteiger partial charge in [0, 0.05) is 23.9 Å². The summed E-state index contributed by atoms with van der Waals surface area (Å²) in [5, 5.41) is 3.61. The molecule has 0 bridgehead atoms. The molecular weight excluding hydrogens is 232 g/mol. The van der Waals surface area contributed by atoms with Crippen molar-refractivity contribution in [3.05, 3.63) is 29.6 Å². The van der Waals surface area contributed by atoms with E-state index >= 15 is 0 Å². The Labute approximate surface area is 118 Å². The number of nitrogens with one attached hydrogen (secondary N) is 1. The van der Waals surface area contributed by atoms with Crippen molar-refractivity contribution in [2.45, 2.75) is 64.3 Å². The van der Waals surface area contributed by atoms with Crippen molar-refractivity contribution < 1.29 is 0 Å². The molecule has 0 radical (unpaired) electrons. The normalized spacial score (nSPS) is 19.7. The summed E-state index contributed by atoms with van der Waals surface area (Å²) < 4.78 is 0. The van der Waals surface area contributed by atoms with Crippen LogP contribution in [0.3, 0.4) is 0 Å². The highest BCUT2D eigenvalue weighted by Gasteiger charge is 2.33. The number of aryl methyl sites for hydroxylation is 1. The van der Waals surface area contributed by atoms with Crippen molar-refractivity contribution in [3.8, 4) is 0 Å². The molecule has 0 spiro atoms. The summed E-state index contributed by atoms with van der Waals surface area (Å²) in [6.45, 7) is 4.60. The minimum Gasteiger partial charge on any atom is -0.316 e. The first-order valence-electron chi connectivity index (χ1n) is 7.92. The van der Waals surface area contributed by atoms with E-state index in [0.717, 1.165) is 5.92 Å². The number of hydrogen-bond acceptors (Lipinski definition) is 2. The molecule has 2 heteroatoms. The maximum absolute atomic E-state index is 4.67. The van der Waals surface area contributed by atoms with Crippen LogP contribution in [-0.4, -0.2) is 18.1 Å². The Morgan fingerprint density at radius 1 is 1.32 bits per heavy atom. The lowest BCUT2D eigenvalue weighted by molar-refractivity contribution is 0.281. The molecule has 1 aliphatic carbocycles. The molecule has 19 heavy (non-hydrogen) atoms. The van der Waals surface area contributed by atoms with Crippen molar-refractivity contribution >= 4 is 0 Å². The van der Waals surface area contributed by atoms with Gasteiger partial charge in [0.15, 0.2) is 0 Å². The Kier molecular flexibility index (Phi) is 5.38. The predicted molar refractivity (Wildman–Crippen MR) is 81.5 cm³/mol. The summed E-state index contributed by atoms with van der Waals surface area (Å²) >= 11 is 0. The molecule has 1 N–H and O–H groups in total. The van der Waals surface area contributed by atoms with Crippen LogP contribution in [0.25, 0.3) is 0 Å². The molecular formula is C17H28N2. The van der Waals surface area contributed by atoms with E-state index in [2.05, 4.69) is 43.3 Å². The number of pyridine rings is 1. The Balaban J connectivity index is 2.17. The monoisotopic (exact) mass is 260 g/mol. The van der Waals surface area contributed by atoms with E-state index in [0.29, 0.717) is 12.0 Å². The number of fused-ring (bicyclic) bond motifs is 1. The molecule has 2 atom stereocenters. The average molecular weight is 260 g/mol. The van der Waals surface area contributed by atoms with Gasteiger partial charge < -0.3 is 5.32 Å². The van der Waals surface area contributed by atoms with Gasteiger partial charge in [-0.05, 0) is 50.3 Å². The third-order valence-corrected chi connectivity index (χ3v) is 4.60. The van der Waals surface area contributed by atoms with Gasteiger partial charge in [0.1, 0.15) is 0 Å². The van der Waals surface area contributed by atoms with Gasteiger partial charge in [0.25, 0.3) is 0 Å². The number of rotatable bonds is 7. The first kappa shape index (κ1) is 14.5. The van der Waals surface area contributed by atoms with Crippen molar-refractivity contribution in [2.24, 2.45) is 5.92 Å². The fraction of sp³-hybridized carbons (Fsp3) is 0.706. The second kappa shape index (κ2) is 7.04. The molecule has 106 valence electrons. The summed E-state index contributed by atoms with van der Waals surface area (Å²) in [6.07, 6.45) is 9.66. The number of nitrogens with zero attached hydrogens (tertiary/aromatic N) is 1. The molecule has 0 saturated heterocycles. The minimum absolute atomic E-state index is 0.594. The van der Waals surface area contributed by atoms with Crippen LogP contribution in [-0.2, 0) is 6.42 Å². The highest BCUT2D eigenvalue weighted by Crippen LogP contribution is 2.38. The van der Waals surface area contributed by atoms with E-state index in [1.54, 1.807) is 0 Å². The Morgan fingerprint density at radius 3 is 2.68 bits per heavy atom. The molecule has 0 aromatic carbocycles. The molecule has 2 rings (SSSR count). The molecule has 0 amide bonds. The quantitative estimate of drug-likeness (QED) is 0.804. The zero-order valence-corrected chi connectivity index (χ0v) is 12.7. The topological polar surface area (TPSA) is 24.9 Å². The summed E-state index contributed by atoms with van der Waals surface area (Å²) in [4.78, 5) is 4.67. The zero-order valence-electron chi connectivity index (χ0n) is 12.7. The van der Waals surface area contributed by atoms with Gasteiger partial charge in [-0.2, -0.15) is 0 Å². The summed E-state index contributed by atoms with van der Waals surface area (Å²) in [6, 6.07) is 4.92. The van der Waals surface area contributed by atoms with Crippen LogP contribution < -0.4 is 5.32 Å². The zero-order chi connectivity index (χ0) is 13.7. The van der Waals surface area contributed by atoms with Crippen molar-refractivity contribution in [1.29, 1.82) is 0 Å². The van der Waals surface area contributed by atoms with Crippen LogP contribution in [0.5, 0.6) is 0 Å². The Hall–Kier alpha value is -0.890. The largest absolute Gasteiger partial charge is 0.316 e. The number of likely N-dealkylation sites (N-methyl/N-ethyl adjacent to an activating group) is 1. The second-order valence-electron chi connectivity index (χ2n) is 5.84. The van der Waals surface area contributed by atoms with E-state index < -0.39 is 0 Å². The smallest absolute Gasteiger partial charge is 0.0482 e. The molecule has 2 unspecified atom stereocenters. The lowest BCUT2D eigenvalue weighted by Crippen LogP contribution is -2.38. The highest BCUT2D eigenvalue weighted by atomic mass is 14.9.